The Morgan fingerprint density at radius 3 is 2.39 bits per heavy atom. The van der Waals surface area contributed by atoms with E-state index in [1.54, 1.807) is 0 Å². The molecule has 2 fully saturated rings. The van der Waals surface area contributed by atoms with Crippen LogP contribution in [0.4, 0.5) is 0 Å². The van der Waals surface area contributed by atoms with Crippen LogP contribution in [0.15, 0.2) is 4.99 Å². The maximum Gasteiger partial charge on any atom is 0.191 e. The van der Waals surface area contributed by atoms with Gasteiger partial charge in [0.25, 0.3) is 0 Å². The number of nitrogens with zero attached hydrogens (tertiary/aromatic N) is 4. The summed E-state index contributed by atoms with van der Waals surface area (Å²) in [6.45, 7) is 14.5. The fourth-order valence-electron chi connectivity index (χ4n) is 3.59. The highest BCUT2D eigenvalue weighted by Crippen LogP contribution is 2.16. The van der Waals surface area contributed by atoms with Crippen LogP contribution >= 0.6 is 24.0 Å². The number of likely N-dealkylation sites (N-methyl/N-ethyl adjacent to an activating group) is 1. The van der Waals surface area contributed by atoms with Crippen LogP contribution in [0.3, 0.4) is 0 Å². The van der Waals surface area contributed by atoms with Crippen LogP contribution in [0, 0.1) is 11.8 Å². The maximum absolute atomic E-state index is 6.26. The number of likely N-dealkylation sites (tertiary alicyclic amines) is 1. The van der Waals surface area contributed by atoms with Gasteiger partial charge in [0.2, 0.25) is 0 Å². The van der Waals surface area contributed by atoms with Crippen molar-refractivity contribution in [2.75, 3.05) is 52.9 Å². The first-order valence-electron chi connectivity index (χ1n) is 8.95. The molecule has 23 heavy (non-hydrogen) atoms. The molecule has 2 heterocycles. The zero-order chi connectivity index (χ0) is 16.1. The van der Waals surface area contributed by atoms with E-state index in [4.69, 9.17) is 10.7 Å². The van der Waals surface area contributed by atoms with Crippen molar-refractivity contribution in [3.63, 3.8) is 0 Å². The number of piperazine rings is 1. The molecule has 0 aromatic carbocycles. The fourth-order valence-corrected chi connectivity index (χ4v) is 3.59. The van der Waals surface area contributed by atoms with Gasteiger partial charge in [-0.1, -0.05) is 20.8 Å². The van der Waals surface area contributed by atoms with Gasteiger partial charge in [0, 0.05) is 45.3 Å². The Labute approximate surface area is 159 Å². The third-order valence-corrected chi connectivity index (χ3v) is 5.20. The van der Waals surface area contributed by atoms with Crippen LogP contribution in [0.2, 0.25) is 0 Å². The normalized spacial score (nSPS) is 26.2. The number of hydrogen-bond acceptors (Lipinski definition) is 3. The molecule has 0 amide bonds. The molecule has 0 aromatic heterocycles. The summed E-state index contributed by atoms with van der Waals surface area (Å²) in [7, 11) is 2.20. The molecule has 2 aliphatic heterocycles. The van der Waals surface area contributed by atoms with Crippen molar-refractivity contribution in [2.45, 2.75) is 39.7 Å². The van der Waals surface area contributed by atoms with E-state index >= 15 is 0 Å². The van der Waals surface area contributed by atoms with Crippen molar-refractivity contribution in [1.82, 2.24) is 14.7 Å². The third-order valence-electron chi connectivity index (χ3n) is 5.20. The second kappa shape index (κ2) is 10.0. The number of aliphatic imine (C=N–C) groups is 1. The lowest BCUT2D eigenvalue weighted by Gasteiger charge is -2.39. The number of halogens is 1. The summed E-state index contributed by atoms with van der Waals surface area (Å²) in [5, 5.41) is 0. The SMILES string of the molecule is CC1CCCN(C(N)=NCC(C(C)C)N2CCN(C)CC2)C1.I. The Balaban J connectivity index is 0.00000264. The summed E-state index contributed by atoms with van der Waals surface area (Å²) in [6, 6.07) is 0.509. The van der Waals surface area contributed by atoms with E-state index in [0.717, 1.165) is 57.7 Å². The maximum atomic E-state index is 6.26. The average molecular weight is 437 g/mol. The van der Waals surface area contributed by atoms with Crippen molar-refractivity contribution in [1.29, 1.82) is 0 Å². The minimum atomic E-state index is 0. The Morgan fingerprint density at radius 1 is 1.17 bits per heavy atom. The number of hydrogen-bond donors (Lipinski definition) is 1. The Kier molecular flexibility index (Phi) is 9.15. The second-order valence-corrected chi connectivity index (χ2v) is 7.54. The Hall–Kier alpha value is -0.0800. The lowest BCUT2D eigenvalue weighted by Crippen LogP contribution is -2.52. The molecule has 0 saturated carbocycles. The molecule has 2 rings (SSSR count). The standard InChI is InChI=1S/C17H35N5.HI/c1-14(2)16(21-10-8-20(4)9-11-21)12-19-17(18)22-7-5-6-15(3)13-22;/h14-16H,5-13H2,1-4H3,(H2,18,19);1H. The molecule has 2 aliphatic rings. The Bertz CT molecular complexity index is 366. The first-order chi connectivity index (χ1) is 10.5. The highest BCUT2D eigenvalue weighted by atomic mass is 127. The summed E-state index contributed by atoms with van der Waals surface area (Å²) in [5.74, 6) is 2.10. The van der Waals surface area contributed by atoms with Gasteiger partial charge in [0.05, 0.1) is 6.54 Å². The smallest absolute Gasteiger partial charge is 0.191 e. The minimum absolute atomic E-state index is 0. The highest BCUT2D eigenvalue weighted by Gasteiger charge is 2.25. The summed E-state index contributed by atoms with van der Waals surface area (Å²) >= 11 is 0. The van der Waals surface area contributed by atoms with Crippen LogP contribution in [-0.4, -0.2) is 79.6 Å². The third kappa shape index (κ3) is 6.38. The van der Waals surface area contributed by atoms with E-state index in [0.29, 0.717) is 12.0 Å². The number of piperidine rings is 1. The van der Waals surface area contributed by atoms with Gasteiger partial charge >= 0.3 is 0 Å². The van der Waals surface area contributed by atoms with Crippen molar-refractivity contribution in [2.24, 2.45) is 22.6 Å². The van der Waals surface area contributed by atoms with E-state index in [1.165, 1.54) is 12.8 Å². The lowest BCUT2D eigenvalue weighted by atomic mass is 10.0. The summed E-state index contributed by atoms with van der Waals surface area (Å²) in [5.41, 5.74) is 6.26. The minimum Gasteiger partial charge on any atom is -0.370 e. The topological polar surface area (TPSA) is 48.1 Å². The van der Waals surface area contributed by atoms with Gasteiger partial charge in [-0.2, -0.15) is 0 Å². The molecule has 5 nitrogen and oxygen atoms in total. The van der Waals surface area contributed by atoms with Crippen molar-refractivity contribution >= 4 is 29.9 Å². The largest absolute Gasteiger partial charge is 0.370 e. The highest BCUT2D eigenvalue weighted by molar-refractivity contribution is 14.0. The van der Waals surface area contributed by atoms with Crippen LogP contribution < -0.4 is 5.73 Å². The van der Waals surface area contributed by atoms with Crippen LogP contribution in [-0.2, 0) is 0 Å². The van der Waals surface area contributed by atoms with Gasteiger partial charge in [-0.15, -0.1) is 24.0 Å². The molecule has 2 unspecified atom stereocenters. The van der Waals surface area contributed by atoms with E-state index in [1.807, 2.05) is 0 Å². The van der Waals surface area contributed by atoms with E-state index in [2.05, 4.69) is 42.5 Å². The molecule has 0 radical (unpaired) electrons. The first kappa shape index (κ1) is 21.0. The Morgan fingerprint density at radius 2 is 1.83 bits per heavy atom. The molecule has 2 atom stereocenters. The predicted molar refractivity (Wildman–Crippen MR) is 110 cm³/mol. The van der Waals surface area contributed by atoms with E-state index < -0.39 is 0 Å². The van der Waals surface area contributed by atoms with Crippen molar-refractivity contribution in [3.05, 3.63) is 0 Å². The van der Waals surface area contributed by atoms with E-state index in [9.17, 15) is 0 Å². The monoisotopic (exact) mass is 437 g/mol. The average Bonchev–Trinajstić information content (AvgIpc) is 2.48. The molecule has 0 spiro atoms. The molecule has 0 bridgehead atoms. The van der Waals surface area contributed by atoms with Gasteiger partial charge in [-0.3, -0.25) is 9.89 Å². The summed E-state index contributed by atoms with van der Waals surface area (Å²) < 4.78 is 0. The van der Waals surface area contributed by atoms with Gasteiger partial charge in [0.15, 0.2) is 5.96 Å². The summed E-state index contributed by atoms with van der Waals surface area (Å²) in [6.07, 6.45) is 2.56. The first-order valence-corrected chi connectivity index (χ1v) is 8.95. The molecule has 2 N–H and O–H groups in total. The van der Waals surface area contributed by atoms with Gasteiger partial charge < -0.3 is 15.5 Å². The van der Waals surface area contributed by atoms with Crippen LogP contribution in [0.25, 0.3) is 0 Å². The van der Waals surface area contributed by atoms with Gasteiger partial charge in [-0.25, -0.2) is 0 Å². The molecule has 0 aromatic rings. The zero-order valence-electron chi connectivity index (χ0n) is 15.4. The number of rotatable bonds is 4. The molecule has 0 aliphatic carbocycles. The fraction of sp³-hybridized carbons (Fsp3) is 0.941. The van der Waals surface area contributed by atoms with Gasteiger partial charge in [0.1, 0.15) is 0 Å². The summed E-state index contributed by atoms with van der Waals surface area (Å²) in [4.78, 5) is 12.0. The van der Waals surface area contributed by atoms with Crippen LogP contribution in [0.1, 0.15) is 33.6 Å². The lowest BCUT2D eigenvalue weighted by molar-refractivity contribution is 0.0923. The zero-order valence-corrected chi connectivity index (χ0v) is 17.7. The molecule has 136 valence electrons. The molecular formula is C17H36IN5. The number of nitrogens with two attached hydrogens (primary N) is 1. The van der Waals surface area contributed by atoms with Crippen molar-refractivity contribution < 1.29 is 0 Å². The van der Waals surface area contributed by atoms with E-state index in [-0.39, 0.29) is 24.0 Å². The molecule has 2 saturated heterocycles. The van der Waals surface area contributed by atoms with Crippen LogP contribution in [0.5, 0.6) is 0 Å². The van der Waals surface area contributed by atoms with Crippen molar-refractivity contribution in [3.8, 4) is 0 Å². The molecule has 6 heteroatoms. The number of guanidine groups is 1. The molecular weight excluding hydrogens is 401 g/mol. The van der Waals surface area contributed by atoms with Gasteiger partial charge in [-0.05, 0) is 31.7 Å². The second-order valence-electron chi connectivity index (χ2n) is 7.54. The quantitative estimate of drug-likeness (QED) is 0.415. The predicted octanol–water partition coefficient (Wildman–Crippen LogP) is 1.92.